The Morgan fingerprint density at radius 1 is 1.67 bits per heavy atom. The molecule has 0 fully saturated rings. The maximum Gasteiger partial charge on any atom is 0.301 e. The van der Waals surface area contributed by atoms with Crippen LogP contribution in [0.1, 0.15) is 6.92 Å². The van der Waals surface area contributed by atoms with E-state index in [1.54, 1.807) is 0 Å². The van der Waals surface area contributed by atoms with Gasteiger partial charge in [-0.3, -0.25) is 5.41 Å². The second-order valence-electron chi connectivity index (χ2n) is 0.949. The van der Waals surface area contributed by atoms with E-state index in [1.165, 1.54) is 6.92 Å². The molecule has 3 N–H and O–H groups in total. The second kappa shape index (κ2) is 2.24. The van der Waals surface area contributed by atoms with Crippen LogP contribution in [-0.2, 0) is 0 Å². The van der Waals surface area contributed by atoms with E-state index in [0.717, 1.165) is 0 Å². The lowest BCUT2D eigenvalue weighted by Crippen LogP contribution is -1.80. The average molecular weight is 108 g/mol. The minimum absolute atomic E-state index is 0.0278. The zero-order valence-corrected chi connectivity index (χ0v) is 4.39. The molecular weight excluding hydrogens is 101 g/mol. The quantitative estimate of drug-likeness (QED) is 0.327. The highest BCUT2D eigenvalue weighted by molar-refractivity contribution is 7.64. The van der Waals surface area contributed by atoms with Crippen molar-refractivity contribution in [2.45, 2.75) is 6.92 Å². The molecule has 3 nitrogen and oxygen atoms in total. The molecule has 4 heteroatoms. The Morgan fingerprint density at radius 2 is 1.83 bits per heavy atom. The van der Waals surface area contributed by atoms with Crippen molar-refractivity contribution in [2.75, 3.05) is 0 Å². The molecule has 0 rings (SSSR count). The Bertz CT molecular complexity index is 62.6. The van der Waals surface area contributed by atoms with Gasteiger partial charge in [-0.1, -0.05) is 0 Å². The van der Waals surface area contributed by atoms with Crippen molar-refractivity contribution in [3.05, 3.63) is 0 Å². The molecule has 0 aliphatic rings. The van der Waals surface area contributed by atoms with Gasteiger partial charge in [0.1, 0.15) is 0 Å². The molecule has 0 amide bonds. The van der Waals surface area contributed by atoms with E-state index < -0.39 is 8.38 Å². The smallest absolute Gasteiger partial charge is 0.268 e. The first-order chi connectivity index (χ1) is 2.64. The Labute approximate surface area is 37.1 Å². The lowest BCUT2D eigenvalue weighted by atomic mass is 10.9. The van der Waals surface area contributed by atoms with E-state index >= 15 is 0 Å². The van der Waals surface area contributed by atoms with Gasteiger partial charge in [0.2, 0.25) is 5.45 Å². The molecule has 0 saturated carbocycles. The topological polar surface area (TPSA) is 64.3 Å². The summed E-state index contributed by atoms with van der Waals surface area (Å²) in [6.07, 6.45) is 0. The van der Waals surface area contributed by atoms with Gasteiger partial charge in [-0.25, -0.2) is 9.79 Å². The fourth-order valence-electron chi connectivity index (χ4n) is 0. The summed E-state index contributed by atoms with van der Waals surface area (Å²) in [6, 6.07) is 0. The predicted molar refractivity (Wildman–Crippen MR) is 26.2 cm³/mol. The van der Waals surface area contributed by atoms with Gasteiger partial charge in [-0.2, -0.15) is 0 Å². The summed E-state index contributed by atoms with van der Waals surface area (Å²) in [5.74, 6) is 0. The fraction of sp³-hybridized carbons (Fsp3) is 0.500. The first-order valence-electron chi connectivity index (χ1n) is 1.45. The van der Waals surface area contributed by atoms with E-state index in [2.05, 4.69) is 0 Å². The minimum Gasteiger partial charge on any atom is -0.268 e. The molecule has 0 saturated heterocycles. The lowest BCUT2D eigenvalue weighted by molar-refractivity contribution is 0.499. The first-order valence-corrected chi connectivity index (χ1v) is 2.84. The van der Waals surface area contributed by atoms with Crippen LogP contribution in [0.15, 0.2) is 0 Å². The van der Waals surface area contributed by atoms with Crippen LogP contribution in [0.3, 0.4) is 0 Å². The zero-order chi connectivity index (χ0) is 5.15. The van der Waals surface area contributed by atoms with Crippen molar-refractivity contribution in [1.82, 2.24) is 0 Å². The monoisotopic (exact) mass is 108 g/mol. The van der Waals surface area contributed by atoms with Crippen molar-refractivity contribution in [3.8, 4) is 0 Å². The largest absolute Gasteiger partial charge is 0.301 e. The molecule has 0 bridgehead atoms. The molecule has 6 heavy (non-hydrogen) atoms. The molecule has 36 valence electrons. The standard InChI is InChI=1S/C2H6NO2P/c1-2(3)6(4)5/h3-5H,1H3/p+1. The van der Waals surface area contributed by atoms with Crippen LogP contribution in [0.5, 0.6) is 0 Å². The molecule has 0 unspecified atom stereocenters. The highest BCUT2D eigenvalue weighted by atomic mass is 31.2. The van der Waals surface area contributed by atoms with Gasteiger partial charge in [0.25, 0.3) is 0 Å². The maximum absolute atomic E-state index is 8.06. The zero-order valence-electron chi connectivity index (χ0n) is 3.39. The van der Waals surface area contributed by atoms with Gasteiger partial charge in [-0.05, 0) is 0 Å². The van der Waals surface area contributed by atoms with E-state index in [0.29, 0.717) is 0 Å². The van der Waals surface area contributed by atoms with Gasteiger partial charge < -0.3 is 0 Å². The molecule has 0 aliphatic carbocycles. The number of nitrogens with one attached hydrogen (secondary N) is 1. The van der Waals surface area contributed by atoms with Crippen LogP contribution in [0, 0.1) is 5.41 Å². The van der Waals surface area contributed by atoms with E-state index in [9.17, 15) is 0 Å². The average Bonchev–Trinajstić information content (AvgIpc) is 1.36. The molecule has 0 spiro atoms. The maximum atomic E-state index is 8.06. The van der Waals surface area contributed by atoms with Crippen molar-refractivity contribution >= 4 is 13.8 Å². The summed E-state index contributed by atoms with van der Waals surface area (Å²) < 4.78 is 0. The van der Waals surface area contributed by atoms with E-state index in [-0.39, 0.29) is 5.45 Å². The molecular formula is C2H7NO2P+. The molecule has 0 heterocycles. The van der Waals surface area contributed by atoms with E-state index in [1.807, 2.05) is 0 Å². The molecule has 0 aromatic carbocycles. The van der Waals surface area contributed by atoms with Crippen molar-refractivity contribution in [2.24, 2.45) is 0 Å². The third-order valence-corrected chi connectivity index (χ3v) is 1.01. The molecule has 0 radical (unpaired) electrons. The number of hydrogen-bond acceptors (Lipinski definition) is 3. The molecule has 0 atom stereocenters. The van der Waals surface area contributed by atoms with E-state index in [4.69, 9.17) is 15.2 Å². The molecule has 0 aromatic heterocycles. The summed E-state index contributed by atoms with van der Waals surface area (Å²) in [6.45, 7) is 1.37. The van der Waals surface area contributed by atoms with Crippen LogP contribution in [0.4, 0.5) is 0 Å². The van der Waals surface area contributed by atoms with Gasteiger partial charge in [0.05, 0.1) is 0 Å². The number of hydrogen-bond donors (Lipinski definition) is 3. The normalized spacial score (nSPS) is 9.33. The SMILES string of the molecule is CC(=N)[PH+](O)O. The van der Waals surface area contributed by atoms with Crippen LogP contribution >= 0.6 is 8.38 Å². The minimum atomic E-state index is -2.37. The Kier molecular flexibility index (Phi) is 2.25. The summed E-state index contributed by atoms with van der Waals surface area (Å²) >= 11 is 0. The van der Waals surface area contributed by atoms with Gasteiger partial charge in [-0.15, -0.1) is 0 Å². The first kappa shape index (κ1) is 6.02. The number of rotatable bonds is 1. The summed E-state index contributed by atoms with van der Waals surface area (Å²) in [7, 11) is -2.37. The van der Waals surface area contributed by atoms with Crippen molar-refractivity contribution < 1.29 is 9.79 Å². The van der Waals surface area contributed by atoms with Crippen LogP contribution in [0.2, 0.25) is 0 Å². The Balaban J connectivity index is 3.26. The molecule has 0 aliphatic heterocycles. The third kappa shape index (κ3) is 2.27. The predicted octanol–water partition coefficient (Wildman–Crippen LogP) is 0.0124. The summed E-state index contributed by atoms with van der Waals surface area (Å²) in [5, 5.41) is 6.49. The van der Waals surface area contributed by atoms with Gasteiger partial charge >= 0.3 is 8.38 Å². The Hall–Kier alpha value is 0.0200. The fourth-order valence-corrected chi connectivity index (χ4v) is 0. The van der Waals surface area contributed by atoms with Crippen LogP contribution in [-0.4, -0.2) is 15.2 Å². The summed E-state index contributed by atoms with van der Waals surface area (Å²) in [4.78, 5) is 16.1. The second-order valence-corrected chi connectivity index (χ2v) is 2.35. The third-order valence-electron chi connectivity index (χ3n) is 0.335. The van der Waals surface area contributed by atoms with Crippen molar-refractivity contribution in [1.29, 1.82) is 5.41 Å². The molecule has 0 aromatic rings. The van der Waals surface area contributed by atoms with Gasteiger partial charge in [0, 0.05) is 6.92 Å². The summed E-state index contributed by atoms with van der Waals surface area (Å²) in [5.41, 5.74) is -0.0278. The lowest BCUT2D eigenvalue weighted by Gasteiger charge is -1.82. The Morgan fingerprint density at radius 3 is 1.83 bits per heavy atom. The highest BCUT2D eigenvalue weighted by Gasteiger charge is 2.06. The van der Waals surface area contributed by atoms with Gasteiger partial charge in [0.15, 0.2) is 0 Å². The highest BCUT2D eigenvalue weighted by Crippen LogP contribution is 2.22. The van der Waals surface area contributed by atoms with Crippen LogP contribution < -0.4 is 0 Å². The van der Waals surface area contributed by atoms with Crippen LogP contribution in [0.25, 0.3) is 0 Å². The van der Waals surface area contributed by atoms with Crippen molar-refractivity contribution in [3.63, 3.8) is 0 Å².